The summed E-state index contributed by atoms with van der Waals surface area (Å²) in [6.45, 7) is 1.74. The molecule has 49 valence electrons. The number of hydrogen-bond donors (Lipinski definition) is 0. The van der Waals surface area contributed by atoms with E-state index in [1.165, 1.54) is 0 Å². The van der Waals surface area contributed by atoms with Gasteiger partial charge in [0.2, 0.25) is 0 Å². The average Bonchev–Trinajstić information content (AvgIpc) is 2.34. The highest BCUT2D eigenvalue weighted by Gasteiger charge is 1.85. The number of rotatable bonds is 3. The SMILES string of the molecule is C[N]CCn1cccn1. The maximum Gasteiger partial charge on any atom is 0.0550 e. The predicted molar refractivity (Wildman–Crippen MR) is 35.2 cm³/mol. The molecule has 0 fully saturated rings. The lowest BCUT2D eigenvalue weighted by atomic mass is 10.6. The molecular weight excluding hydrogens is 114 g/mol. The average molecular weight is 124 g/mol. The molecule has 1 rings (SSSR count). The number of aromatic nitrogens is 2. The minimum Gasteiger partial charge on any atom is -0.271 e. The fourth-order valence-corrected chi connectivity index (χ4v) is 0.635. The largest absolute Gasteiger partial charge is 0.271 e. The Labute approximate surface area is 54.7 Å². The van der Waals surface area contributed by atoms with Gasteiger partial charge in [-0.3, -0.25) is 4.68 Å². The van der Waals surface area contributed by atoms with Crippen molar-refractivity contribution in [2.24, 2.45) is 0 Å². The van der Waals surface area contributed by atoms with Crippen molar-refractivity contribution in [3.63, 3.8) is 0 Å². The summed E-state index contributed by atoms with van der Waals surface area (Å²) in [6.07, 6.45) is 3.71. The lowest BCUT2D eigenvalue weighted by molar-refractivity contribution is 0.580. The highest BCUT2D eigenvalue weighted by molar-refractivity contribution is 4.77. The molecule has 0 aliphatic heterocycles. The number of hydrogen-bond acceptors (Lipinski definition) is 1. The monoisotopic (exact) mass is 124 g/mol. The van der Waals surface area contributed by atoms with Crippen LogP contribution in [0, 0.1) is 0 Å². The van der Waals surface area contributed by atoms with Crippen molar-refractivity contribution in [2.75, 3.05) is 13.6 Å². The smallest absolute Gasteiger partial charge is 0.0550 e. The molecule has 0 saturated heterocycles. The fraction of sp³-hybridized carbons (Fsp3) is 0.500. The maximum absolute atomic E-state index is 4.01. The first kappa shape index (κ1) is 6.29. The predicted octanol–water partition coefficient (Wildman–Crippen LogP) is 0.117. The Morgan fingerprint density at radius 1 is 1.67 bits per heavy atom. The van der Waals surface area contributed by atoms with Crippen LogP contribution in [-0.4, -0.2) is 23.4 Å². The summed E-state index contributed by atoms with van der Waals surface area (Å²) in [5.74, 6) is 0. The van der Waals surface area contributed by atoms with Crippen molar-refractivity contribution in [1.29, 1.82) is 0 Å². The van der Waals surface area contributed by atoms with E-state index in [1.54, 1.807) is 6.20 Å². The molecule has 9 heavy (non-hydrogen) atoms. The fourth-order valence-electron chi connectivity index (χ4n) is 0.635. The van der Waals surface area contributed by atoms with Crippen molar-refractivity contribution in [1.82, 2.24) is 15.1 Å². The van der Waals surface area contributed by atoms with Gasteiger partial charge in [0.1, 0.15) is 0 Å². The zero-order valence-electron chi connectivity index (χ0n) is 5.49. The van der Waals surface area contributed by atoms with Crippen molar-refractivity contribution >= 4 is 0 Å². The second-order valence-electron chi connectivity index (χ2n) is 1.81. The van der Waals surface area contributed by atoms with Gasteiger partial charge in [-0.25, -0.2) is 5.32 Å². The van der Waals surface area contributed by atoms with Crippen LogP contribution in [0.1, 0.15) is 0 Å². The van der Waals surface area contributed by atoms with E-state index in [1.807, 2.05) is 24.0 Å². The van der Waals surface area contributed by atoms with E-state index in [-0.39, 0.29) is 0 Å². The van der Waals surface area contributed by atoms with Gasteiger partial charge in [0.05, 0.1) is 6.54 Å². The molecule has 0 atom stereocenters. The van der Waals surface area contributed by atoms with Gasteiger partial charge in [0.15, 0.2) is 0 Å². The molecule has 0 unspecified atom stereocenters. The van der Waals surface area contributed by atoms with Crippen molar-refractivity contribution in [2.45, 2.75) is 6.54 Å². The third kappa shape index (κ3) is 1.85. The van der Waals surface area contributed by atoms with Gasteiger partial charge in [0.25, 0.3) is 0 Å². The minimum atomic E-state index is 0.849. The first-order valence-electron chi connectivity index (χ1n) is 2.96. The summed E-state index contributed by atoms with van der Waals surface area (Å²) in [7, 11) is 1.81. The van der Waals surface area contributed by atoms with Crippen LogP contribution >= 0.6 is 0 Å². The van der Waals surface area contributed by atoms with Crippen molar-refractivity contribution in [3.05, 3.63) is 18.5 Å². The Bertz CT molecular complexity index is 145. The van der Waals surface area contributed by atoms with Crippen LogP contribution in [0.5, 0.6) is 0 Å². The summed E-state index contributed by atoms with van der Waals surface area (Å²) >= 11 is 0. The van der Waals surface area contributed by atoms with Crippen molar-refractivity contribution < 1.29 is 0 Å². The zero-order valence-corrected chi connectivity index (χ0v) is 5.49. The molecule has 1 aromatic rings. The van der Waals surface area contributed by atoms with Gasteiger partial charge in [-0.05, 0) is 6.07 Å². The van der Waals surface area contributed by atoms with Gasteiger partial charge in [-0.1, -0.05) is 0 Å². The zero-order chi connectivity index (χ0) is 6.53. The minimum absolute atomic E-state index is 0.849. The van der Waals surface area contributed by atoms with E-state index in [4.69, 9.17) is 0 Å². The van der Waals surface area contributed by atoms with Crippen LogP contribution in [0.4, 0.5) is 0 Å². The molecule has 0 bridgehead atoms. The quantitative estimate of drug-likeness (QED) is 0.563. The Morgan fingerprint density at radius 3 is 3.11 bits per heavy atom. The Balaban J connectivity index is 2.30. The van der Waals surface area contributed by atoms with Crippen molar-refractivity contribution in [3.8, 4) is 0 Å². The second kappa shape index (κ2) is 3.25. The maximum atomic E-state index is 4.01. The molecule has 0 aliphatic rings. The summed E-state index contributed by atoms with van der Waals surface area (Å²) in [6, 6.07) is 1.91. The first-order chi connectivity index (χ1) is 4.43. The molecule has 1 radical (unpaired) electrons. The van der Waals surface area contributed by atoms with E-state index in [0.717, 1.165) is 13.1 Å². The van der Waals surface area contributed by atoms with Crippen LogP contribution in [0.15, 0.2) is 18.5 Å². The highest BCUT2D eigenvalue weighted by atomic mass is 15.3. The summed E-state index contributed by atoms with van der Waals surface area (Å²) in [5.41, 5.74) is 0. The summed E-state index contributed by atoms with van der Waals surface area (Å²) in [5, 5.41) is 7.96. The third-order valence-electron chi connectivity index (χ3n) is 1.11. The van der Waals surface area contributed by atoms with Gasteiger partial charge >= 0.3 is 0 Å². The van der Waals surface area contributed by atoms with Crippen LogP contribution in [0.2, 0.25) is 0 Å². The van der Waals surface area contributed by atoms with Crippen LogP contribution in [0.3, 0.4) is 0 Å². The summed E-state index contributed by atoms with van der Waals surface area (Å²) in [4.78, 5) is 0. The molecular formula is C6H10N3. The molecule has 0 N–H and O–H groups in total. The molecule has 1 aromatic heterocycles. The highest BCUT2D eigenvalue weighted by Crippen LogP contribution is 1.81. The standard InChI is InChI=1S/C6H10N3/c1-7-4-6-9-5-2-3-8-9/h2-3,5H,4,6H2,1H3. The van der Waals surface area contributed by atoms with E-state index in [2.05, 4.69) is 10.4 Å². The normalized spacial score (nSPS) is 9.89. The molecule has 0 aliphatic carbocycles. The van der Waals surface area contributed by atoms with Gasteiger partial charge in [-0.2, -0.15) is 5.10 Å². The summed E-state index contributed by atoms with van der Waals surface area (Å²) < 4.78 is 1.87. The van der Waals surface area contributed by atoms with Gasteiger partial charge in [-0.15, -0.1) is 0 Å². The number of likely N-dealkylation sites (N-methyl/N-ethyl adjacent to an activating group) is 1. The molecule has 0 spiro atoms. The molecule has 0 amide bonds. The number of nitrogens with zero attached hydrogens (tertiary/aromatic N) is 3. The van der Waals surface area contributed by atoms with E-state index in [0.29, 0.717) is 0 Å². The topological polar surface area (TPSA) is 31.9 Å². The molecule has 0 aromatic carbocycles. The molecule has 3 nitrogen and oxygen atoms in total. The first-order valence-corrected chi connectivity index (χ1v) is 2.96. The molecule has 3 heteroatoms. The molecule has 1 heterocycles. The lowest BCUT2D eigenvalue weighted by Crippen LogP contribution is -2.09. The lowest BCUT2D eigenvalue weighted by Gasteiger charge is -1.96. The molecule has 0 saturated carbocycles. The Morgan fingerprint density at radius 2 is 2.56 bits per heavy atom. The van der Waals surface area contributed by atoms with Crippen LogP contribution in [0.25, 0.3) is 0 Å². The van der Waals surface area contributed by atoms with Crippen LogP contribution in [-0.2, 0) is 6.54 Å². The Kier molecular flexibility index (Phi) is 2.27. The van der Waals surface area contributed by atoms with E-state index < -0.39 is 0 Å². The van der Waals surface area contributed by atoms with E-state index >= 15 is 0 Å². The second-order valence-corrected chi connectivity index (χ2v) is 1.81. The van der Waals surface area contributed by atoms with E-state index in [9.17, 15) is 0 Å². The Hall–Kier alpha value is -0.830. The van der Waals surface area contributed by atoms with Gasteiger partial charge < -0.3 is 0 Å². The van der Waals surface area contributed by atoms with Crippen LogP contribution < -0.4 is 5.32 Å². The third-order valence-corrected chi connectivity index (χ3v) is 1.11. The van der Waals surface area contributed by atoms with Gasteiger partial charge in [0, 0.05) is 26.0 Å².